The van der Waals surface area contributed by atoms with Crippen LogP contribution in [0, 0.1) is 12.3 Å². The smallest absolute Gasteiger partial charge is 0.153 e. The highest BCUT2D eigenvalue weighted by molar-refractivity contribution is 5.81. The molecule has 11 heavy (non-hydrogen) atoms. The Morgan fingerprint density at radius 2 is 2.36 bits per heavy atom. The molecule has 4 N–H and O–H groups in total. The molecule has 0 bridgehead atoms. The summed E-state index contributed by atoms with van der Waals surface area (Å²) < 4.78 is 0. The molecular formula is C7H13N3O. The zero-order chi connectivity index (χ0) is 8.91. The van der Waals surface area contributed by atoms with Crippen LogP contribution in [0.5, 0.6) is 0 Å². The summed E-state index contributed by atoms with van der Waals surface area (Å²) in [5.41, 5.74) is 4.78. The van der Waals surface area contributed by atoms with Crippen molar-refractivity contribution in [1.82, 2.24) is 5.32 Å². The highest BCUT2D eigenvalue weighted by Crippen LogP contribution is 1.96. The van der Waals surface area contributed by atoms with Gasteiger partial charge in [0, 0.05) is 0 Å². The second-order valence-electron chi connectivity index (χ2n) is 2.71. The Balaban J connectivity index is 3.82. The van der Waals surface area contributed by atoms with Gasteiger partial charge in [0.1, 0.15) is 0 Å². The van der Waals surface area contributed by atoms with E-state index in [2.05, 4.69) is 16.4 Å². The van der Waals surface area contributed by atoms with Crippen LogP contribution >= 0.6 is 0 Å². The molecule has 0 heterocycles. The van der Waals surface area contributed by atoms with Gasteiger partial charge in [-0.1, -0.05) is 11.1 Å². The summed E-state index contributed by atoms with van der Waals surface area (Å²) in [5, 5.41) is 13.9. The first-order chi connectivity index (χ1) is 5.02. The fraction of sp³-hybridized carbons (Fsp3) is 0.571. The van der Waals surface area contributed by atoms with Gasteiger partial charge in [-0.3, -0.25) is 5.32 Å². The maximum Gasteiger partial charge on any atom is 0.153 e. The molecule has 0 saturated heterocycles. The maximum absolute atomic E-state index is 8.18. The number of oxime groups is 1. The van der Waals surface area contributed by atoms with Crippen LogP contribution in [0.4, 0.5) is 0 Å². The van der Waals surface area contributed by atoms with Crippen LogP contribution < -0.4 is 11.1 Å². The van der Waals surface area contributed by atoms with Gasteiger partial charge in [-0.25, -0.2) is 0 Å². The van der Waals surface area contributed by atoms with Crippen molar-refractivity contribution in [1.29, 1.82) is 0 Å². The van der Waals surface area contributed by atoms with Crippen molar-refractivity contribution >= 4 is 5.84 Å². The Labute approximate surface area is 66.5 Å². The summed E-state index contributed by atoms with van der Waals surface area (Å²) in [6.45, 7) is 3.95. The normalized spacial score (nSPS) is 12.6. The van der Waals surface area contributed by atoms with Gasteiger partial charge in [-0.05, 0) is 13.8 Å². The Hall–Kier alpha value is -1.21. The van der Waals surface area contributed by atoms with Crippen molar-refractivity contribution in [2.24, 2.45) is 10.9 Å². The minimum absolute atomic E-state index is 0.119. The monoisotopic (exact) mass is 155 g/mol. The third kappa shape index (κ3) is 4.23. The second kappa shape index (κ2) is 3.84. The van der Waals surface area contributed by atoms with Gasteiger partial charge in [0.05, 0.1) is 12.1 Å². The highest BCUT2D eigenvalue weighted by atomic mass is 16.4. The van der Waals surface area contributed by atoms with E-state index in [0.29, 0.717) is 0 Å². The molecule has 0 aromatic carbocycles. The average Bonchev–Trinajstić information content (AvgIpc) is 2.00. The van der Waals surface area contributed by atoms with Crippen molar-refractivity contribution in [2.45, 2.75) is 19.4 Å². The van der Waals surface area contributed by atoms with Gasteiger partial charge in [0.2, 0.25) is 0 Å². The van der Waals surface area contributed by atoms with Gasteiger partial charge in [-0.15, -0.1) is 6.42 Å². The molecule has 4 nitrogen and oxygen atoms in total. The largest absolute Gasteiger partial charge is 0.409 e. The molecule has 0 amide bonds. The Morgan fingerprint density at radius 3 is 2.73 bits per heavy atom. The second-order valence-corrected chi connectivity index (χ2v) is 2.71. The van der Waals surface area contributed by atoms with Crippen LogP contribution in [0.15, 0.2) is 5.16 Å². The average molecular weight is 155 g/mol. The molecule has 0 aromatic rings. The number of rotatable bonds is 3. The van der Waals surface area contributed by atoms with Gasteiger partial charge in [0.15, 0.2) is 5.84 Å². The van der Waals surface area contributed by atoms with Crippen molar-refractivity contribution in [3.63, 3.8) is 0 Å². The number of hydrogen-bond acceptors (Lipinski definition) is 3. The molecule has 0 aliphatic rings. The molecule has 4 heteroatoms. The van der Waals surface area contributed by atoms with Crippen molar-refractivity contribution < 1.29 is 5.21 Å². The predicted octanol–water partition coefficient (Wildman–Crippen LogP) is -0.266. The summed E-state index contributed by atoms with van der Waals surface area (Å²) >= 11 is 0. The molecule has 62 valence electrons. The maximum atomic E-state index is 8.18. The fourth-order valence-corrected chi connectivity index (χ4v) is 0.398. The van der Waals surface area contributed by atoms with E-state index in [1.54, 1.807) is 0 Å². The topological polar surface area (TPSA) is 70.6 Å². The third-order valence-corrected chi connectivity index (χ3v) is 1.20. The SMILES string of the molecule is C#CC(C)(C)NCC(N)=NO. The van der Waals surface area contributed by atoms with E-state index in [1.165, 1.54) is 0 Å². The number of nitrogens with one attached hydrogen (secondary N) is 1. The van der Waals surface area contributed by atoms with E-state index >= 15 is 0 Å². The number of terminal acetylenes is 1. The molecule has 0 radical (unpaired) electrons. The predicted molar refractivity (Wildman–Crippen MR) is 44.3 cm³/mol. The summed E-state index contributed by atoms with van der Waals surface area (Å²) in [6.07, 6.45) is 5.18. The molecule has 0 aliphatic heterocycles. The van der Waals surface area contributed by atoms with Gasteiger partial charge in [0.25, 0.3) is 0 Å². The van der Waals surface area contributed by atoms with Gasteiger partial charge in [-0.2, -0.15) is 0 Å². The van der Waals surface area contributed by atoms with Crippen LogP contribution in [-0.4, -0.2) is 23.1 Å². The lowest BCUT2D eigenvalue weighted by Crippen LogP contribution is -2.42. The van der Waals surface area contributed by atoms with Crippen molar-refractivity contribution in [2.75, 3.05) is 6.54 Å². The first kappa shape index (κ1) is 9.79. The van der Waals surface area contributed by atoms with Gasteiger partial charge >= 0.3 is 0 Å². The molecule has 0 aliphatic carbocycles. The number of hydrogen-bond donors (Lipinski definition) is 3. The molecular weight excluding hydrogens is 142 g/mol. The van der Waals surface area contributed by atoms with Crippen molar-refractivity contribution in [3.05, 3.63) is 0 Å². The highest BCUT2D eigenvalue weighted by Gasteiger charge is 2.12. The first-order valence-electron chi connectivity index (χ1n) is 3.21. The number of nitrogens with two attached hydrogens (primary N) is 1. The van der Waals surface area contributed by atoms with E-state index in [9.17, 15) is 0 Å². The quantitative estimate of drug-likeness (QED) is 0.173. The number of amidine groups is 1. The minimum Gasteiger partial charge on any atom is -0.409 e. The lowest BCUT2D eigenvalue weighted by atomic mass is 10.1. The zero-order valence-corrected chi connectivity index (χ0v) is 6.76. The summed E-state index contributed by atoms with van der Waals surface area (Å²) in [6, 6.07) is 0. The summed E-state index contributed by atoms with van der Waals surface area (Å²) in [7, 11) is 0. The first-order valence-corrected chi connectivity index (χ1v) is 3.21. The number of nitrogens with zero attached hydrogens (tertiary/aromatic N) is 1. The molecule has 0 fully saturated rings. The summed E-state index contributed by atoms with van der Waals surface area (Å²) in [5.74, 6) is 2.64. The van der Waals surface area contributed by atoms with E-state index in [4.69, 9.17) is 17.4 Å². The lowest BCUT2D eigenvalue weighted by molar-refractivity contribution is 0.316. The van der Waals surface area contributed by atoms with Crippen LogP contribution in [0.2, 0.25) is 0 Å². The van der Waals surface area contributed by atoms with E-state index in [1.807, 2.05) is 13.8 Å². The fourth-order valence-electron chi connectivity index (χ4n) is 0.398. The van der Waals surface area contributed by atoms with Crippen LogP contribution in [-0.2, 0) is 0 Å². The molecule has 0 rings (SSSR count). The zero-order valence-electron chi connectivity index (χ0n) is 6.76. The van der Waals surface area contributed by atoms with E-state index in [-0.39, 0.29) is 12.4 Å². The molecule has 0 unspecified atom stereocenters. The molecule has 0 saturated carbocycles. The van der Waals surface area contributed by atoms with E-state index < -0.39 is 5.54 Å². The molecule has 0 spiro atoms. The van der Waals surface area contributed by atoms with Gasteiger partial charge < -0.3 is 10.9 Å². The van der Waals surface area contributed by atoms with Crippen LogP contribution in [0.3, 0.4) is 0 Å². The Morgan fingerprint density at radius 1 is 1.82 bits per heavy atom. The Kier molecular flexibility index (Phi) is 3.42. The van der Waals surface area contributed by atoms with Crippen LogP contribution in [0.1, 0.15) is 13.8 Å². The minimum atomic E-state index is -0.421. The van der Waals surface area contributed by atoms with Crippen molar-refractivity contribution in [3.8, 4) is 12.3 Å². The van der Waals surface area contributed by atoms with E-state index in [0.717, 1.165) is 0 Å². The Bertz CT molecular complexity index is 190. The third-order valence-electron chi connectivity index (χ3n) is 1.20. The lowest BCUT2D eigenvalue weighted by Gasteiger charge is -2.18. The standard InChI is InChI=1S/C7H13N3O/c1-4-7(2,3)9-5-6(8)10-11/h1,9,11H,5H2,2-3H3,(H2,8,10). The summed E-state index contributed by atoms with van der Waals surface area (Å²) in [4.78, 5) is 0. The molecule has 0 aromatic heterocycles. The van der Waals surface area contributed by atoms with Crippen LogP contribution in [0.25, 0.3) is 0 Å². The molecule has 0 atom stereocenters.